The van der Waals surface area contributed by atoms with Gasteiger partial charge in [-0.25, -0.2) is 0 Å². The second-order valence-electron chi connectivity index (χ2n) is 8.97. The molecular formula is C24H55O3PS. The van der Waals surface area contributed by atoms with E-state index in [9.17, 15) is 8.42 Å². The summed E-state index contributed by atoms with van der Waals surface area (Å²) in [6.45, 7) is 11.6. The average Bonchev–Trinajstić information content (AvgIpc) is 2.69. The Kier molecular flexibility index (Phi) is 23.4. The van der Waals surface area contributed by atoms with Crippen molar-refractivity contribution in [1.82, 2.24) is 0 Å². The van der Waals surface area contributed by atoms with Gasteiger partial charge < -0.3 is 0 Å². The first-order chi connectivity index (χ1) is 13.8. The van der Waals surface area contributed by atoms with Gasteiger partial charge in [0.25, 0.3) is 10.1 Å². The van der Waals surface area contributed by atoms with Crippen LogP contribution in [0.15, 0.2) is 0 Å². The Bertz CT molecular complexity index is 386. The fourth-order valence-electron chi connectivity index (χ4n) is 4.02. The molecular weight excluding hydrogens is 399 g/mol. The van der Waals surface area contributed by atoms with Crippen molar-refractivity contribution in [3.63, 3.8) is 0 Å². The van der Waals surface area contributed by atoms with Crippen molar-refractivity contribution in [2.75, 3.05) is 30.4 Å². The minimum atomic E-state index is -3.72. The quantitative estimate of drug-likeness (QED) is 0.122. The van der Waals surface area contributed by atoms with Crippen molar-refractivity contribution in [2.24, 2.45) is 0 Å². The van der Waals surface area contributed by atoms with Crippen LogP contribution in [0.3, 0.4) is 0 Å². The molecule has 3 nitrogen and oxygen atoms in total. The molecule has 0 aliphatic carbocycles. The van der Waals surface area contributed by atoms with E-state index in [2.05, 4.69) is 34.6 Å². The maximum absolute atomic E-state index is 10.3. The Hall–Kier alpha value is 0.340. The van der Waals surface area contributed by atoms with Crippen LogP contribution in [0.25, 0.3) is 0 Å². The molecule has 0 fully saturated rings. The van der Waals surface area contributed by atoms with Gasteiger partial charge in [0.2, 0.25) is 0 Å². The zero-order valence-corrected chi connectivity index (χ0v) is 22.4. The monoisotopic (exact) mass is 454 g/mol. The SMILES string of the molecule is CCCCCCCCS(=O)(=O)O.CCCC[PH](CCCC)(CCCC)CCCC. The normalized spacial score (nSPS) is 12.5. The molecule has 0 aliphatic heterocycles. The zero-order valence-electron chi connectivity index (χ0n) is 20.6. The van der Waals surface area contributed by atoms with Crippen LogP contribution in [-0.4, -0.2) is 43.4 Å². The Morgan fingerprint density at radius 1 is 0.517 bits per heavy atom. The van der Waals surface area contributed by atoms with Crippen LogP contribution in [0.4, 0.5) is 0 Å². The molecule has 0 aromatic rings. The van der Waals surface area contributed by atoms with Gasteiger partial charge in [0, 0.05) is 0 Å². The predicted molar refractivity (Wildman–Crippen MR) is 137 cm³/mol. The van der Waals surface area contributed by atoms with Crippen molar-refractivity contribution in [1.29, 1.82) is 0 Å². The number of rotatable bonds is 19. The summed E-state index contributed by atoms with van der Waals surface area (Å²) >= 11 is 0. The summed E-state index contributed by atoms with van der Waals surface area (Å²) in [6.07, 6.45) is 24.3. The summed E-state index contributed by atoms with van der Waals surface area (Å²) in [6, 6.07) is 0. The van der Waals surface area contributed by atoms with E-state index in [0.29, 0.717) is 6.42 Å². The first-order valence-corrected chi connectivity index (χ1v) is 17.2. The van der Waals surface area contributed by atoms with E-state index in [1.807, 2.05) is 0 Å². The predicted octanol–water partition coefficient (Wildman–Crippen LogP) is 8.17. The molecule has 1 N–H and O–H groups in total. The molecule has 0 atom stereocenters. The van der Waals surface area contributed by atoms with Crippen molar-refractivity contribution < 1.29 is 13.0 Å². The molecule has 0 radical (unpaired) electrons. The first kappa shape index (κ1) is 31.5. The molecule has 0 saturated heterocycles. The molecule has 0 amide bonds. The molecule has 0 aliphatic rings. The second kappa shape index (κ2) is 21.6. The fraction of sp³-hybridized carbons (Fsp3) is 1.00. The number of hydrogen-bond donors (Lipinski definition) is 1. The molecule has 0 heterocycles. The summed E-state index contributed by atoms with van der Waals surface area (Å²) in [4.78, 5) is 0. The van der Waals surface area contributed by atoms with Gasteiger partial charge in [0.15, 0.2) is 0 Å². The van der Waals surface area contributed by atoms with Crippen molar-refractivity contribution in [2.45, 2.75) is 125 Å². The molecule has 0 unspecified atom stereocenters. The summed E-state index contributed by atoms with van der Waals surface area (Å²) < 4.78 is 28.9. The summed E-state index contributed by atoms with van der Waals surface area (Å²) in [7, 11) is -4.60. The van der Waals surface area contributed by atoms with E-state index in [1.165, 1.54) is 70.6 Å². The molecule has 0 aromatic heterocycles. The number of hydrogen-bond acceptors (Lipinski definition) is 2. The second-order valence-corrected chi connectivity index (χ2v) is 15.5. The molecule has 5 heteroatoms. The molecule has 0 spiro atoms. The van der Waals surface area contributed by atoms with Gasteiger partial charge in [0.05, 0.1) is 5.75 Å². The Morgan fingerprint density at radius 3 is 1.14 bits per heavy atom. The Labute approximate surface area is 185 Å². The first-order valence-electron chi connectivity index (χ1n) is 12.8. The third kappa shape index (κ3) is 22.8. The van der Waals surface area contributed by atoms with Crippen molar-refractivity contribution in [3.8, 4) is 0 Å². The average molecular weight is 455 g/mol. The van der Waals surface area contributed by atoms with E-state index in [0.717, 1.165) is 12.8 Å². The van der Waals surface area contributed by atoms with Gasteiger partial charge in [-0.2, -0.15) is 8.42 Å². The number of unbranched alkanes of at least 4 members (excludes halogenated alkanes) is 9. The van der Waals surface area contributed by atoms with Gasteiger partial charge >= 0.3 is 111 Å². The molecule has 0 rings (SSSR count). The van der Waals surface area contributed by atoms with Gasteiger partial charge in [-0.1, -0.05) is 39.0 Å². The van der Waals surface area contributed by atoms with Gasteiger partial charge in [-0.05, 0) is 6.42 Å². The Balaban J connectivity index is 0. The van der Waals surface area contributed by atoms with Crippen molar-refractivity contribution in [3.05, 3.63) is 0 Å². The van der Waals surface area contributed by atoms with Crippen LogP contribution in [0.1, 0.15) is 125 Å². The van der Waals surface area contributed by atoms with E-state index in [-0.39, 0.29) is 5.75 Å². The minimum absolute atomic E-state index is 0.0842. The maximum atomic E-state index is 10.3. The van der Waals surface area contributed by atoms with Crippen molar-refractivity contribution >= 4 is 17.4 Å². The van der Waals surface area contributed by atoms with Gasteiger partial charge in [-0.3, -0.25) is 4.55 Å². The molecule has 0 bridgehead atoms. The van der Waals surface area contributed by atoms with Crippen LogP contribution in [0.5, 0.6) is 0 Å². The van der Waals surface area contributed by atoms with Gasteiger partial charge in [-0.15, -0.1) is 0 Å². The molecule has 180 valence electrons. The summed E-state index contributed by atoms with van der Waals surface area (Å²) in [5.41, 5.74) is 0. The van der Waals surface area contributed by atoms with Crippen LogP contribution in [0.2, 0.25) is 0 Å². The molecule has 0 saturated carbocycles. The van der Waals surface area contributed by atoms with E-state index in [4.69, 9.17) is 4.55 Å². The van der Waals surface area contributed by atoms with E-state index < -0.39 is 17.4 Å². The van der Waals surface area contributed by atoms with Crippen LogP contribution in [-0.2, 0) is 10.1 Å². The fourth-order valence-corrected chi connectivity index (χ4v) is 10.5. The van der Waals surface area contributed by atoms with Crippen LogP contribution < -0.4 is 0 Å². The van der Waals surface area contributed by atoms with E-state index >= 15 is 0 Å². The molecule has 29 heavy (non-hydrogen) atoms. The zero-order chi connectivity index (χ0) is 22.4. The topological polar surface area (TPSA) is 54.4 Å². The standard InChI is InChI=1S/C16H37P.C8H18O3S/c1-5-9-13-17(14-10-6-2,15-11-7-3)16-12-8-4;1-2-3-4-5-6-7-8-12(9,10)11/h17H,5-16H2,1-4H3;2-8H2,1H3,(H,9,10,11). The van der Waals surface area contributed by atoms with Gasteiger partial charge in [0.1, 0.15) is 0 Å². The third-order valence-corrected chi connectivity index (χ3v) is 12.5. The molecule has 0 aromatic carbocycles. The van der Waals surface area contributed by atoms with Crippen LogP contribution in [0, 0.1) is 0 Å². The Morgan fingerprint density at radius 2 is 0.828 bits per heavy atom. The van der Waals surface area contributed by atoms with Crippen LogP contribution >= 0.6 is 7.26 Å². The summed E-state index contributed by atoms with van der Waals surface area (Å²) in [5.74, 6) is -0.0842. The van der Waals surface area contributed by atoms with E-state index in [1.54, 1.807) is 24.6 Å². The third-order valence-electron chi connectivity index (χ3n) is 6.00. The summed E-state index contributed by atoms with van der Waals surface area (Å²) in [5, 5.41) is 0.